The van der Waals surface area contributed by atoms with Gasteiger partial charge in [0.15, 0.2) is 0 Å². The maximum absolute atomic E-state index is 13.2. The predicted octanol–water partition coefficient (Wildman–Crippen LogP) is 3.44. The smallest absolute Gasteiger partial charge is 0.323 e. The molecule has 0 amide bonds. The Labute approximate surface area is 121 Å². The summed E-state index contributed by atoms with van der Waals surface area (Å²) in [7, 11) is 1.37. The summed E-state index contributed by atoms with van der Waals surface area (Å²) < 4.78 is 18.4. The van der Waals surface area contributed by atoms with Gasteiger partial charge in [-0.15, -0.1) is 0 Å². The molecule has 0 aromatic heterocycles. The first kappa shape index (κ1) is 16.1. The molecule has 1 aromatic rings. The summed E-state index contributed by atoms with van der Waals surface area (Å²) in [5, 5.41) is 3.21. The molecule has 0 aliphatic rings. The highest BCUT2D eigenvalue weighted by Crippen LogP contribution is 2.22. The van der Waals surface area contributed by atoms with Crippen LogP contribution in [0.1, 0.15) is 32.4 Å². The average molecular weight is 332 g/mol. The van der Waals surface area contributed by atoms with E-state index in [0.717, 1.165) is 5.56 Å². The highest BCUT2D eigenvalue weighted by atomic mass is 79.9. The Hall–Kier alpha value is -0.940. The van der Waals surface area contributed by atoms with Gasteiger partial charge in [-0.05, 0) is 46.5 Å². The van der Waals surface area contributed by atoms with Crippen LogP contribution in [-0.2, 0) is 9.53 Å². The maximum Gasteiger partial charge on any atom is 0.323 e. The van der Waals surface area contributed by atoms with Crippen LogP contribution in [0.5, 0.6) is 0 Å². The van der Waals surface area contributed by atoms with Gasteiger partial charge >= 0.3 is 5.97 Å². The lowest BCUT2D eigenvalue weighted by molar-refractivity contribution is -0.144. The van der Waals surface area contributed by atoms with E-state index in [0.29, 0.717) is 4.47 Å². The summed E-state index contributed by atoms with van der Waals surface area (Å²) in [4.78, 5) is 11.7. The van der Waals surface area contributed by atoms with Crippen LogP contribution < -0.4 is 5.32 Å². The van der Waals surface area contributed by atoms with Gasteiger partial charge in [0.25, 0.3) is 0 Å². The van der Waals surface area contributed by atoms with Crippen molar-refractivity contribution in [2.75, 3.05) is 7.11 Å². The van der Waals surface area contributed by atoms with Crippen molar-refractivity contribution >= 4 is 21.9 Å². The fourth-order valence-corrected chi connectivity index (χ4v) is 2.20. The van der Waals surface area contributed by atoms with Crippen molar-refractivity contribution in [1.29, 1.82) is 0 Å². The first-order valence-electron chi connectivity index (χ1n) is 6.15. The van der Waals surface area contributed by atoms with E-state index in [4.69, 9.17) is 4.74 Å². The van der Waals surface area contributed by atoms with E-state index in [1.807, 2.05) is 20.8 Å². The minimum atomic E-state index is -0.385. The standard InChI is InChI=1S/C14H19BrFNO2/c1-8(2)13(14(18)19-4)17-9(3)10-5-6-12(16)11(15)7-10/h5-9,13,17H,1-4H3/t9?,13-/m0/s1. The molecule has 106 valence electrons. The van der Waals surface area contributed by atoms with E-state index in [-0.39, 0.29) is 29.8 Å². The number of methoxy groups -OCH3 is 1. The van der Waals surface area contributed by atoms with Crippen LogP contribution in [0.3, 0.4) is 0 Å². The number of hydrogen-bond donors (Lipinski definition) is 1. The van der Waals surface area contributed by atoms with Gasteiger partial charge in [-0.1, -0.05) is 19.9 Å². The number of carbonyl (C=O) groups is 1. The molecule has 0 spiro atoms. The molecule has 0 bridgehead atoms. The van der Waals surface area contributed by atoms with Crippen molar-refractivity contribution in [3.63, 3.8) is 0 Å². The number of nitrogens with one attached hydrogen (secondary N) is 1. The zero-order valence-electron chi connectivity index (χ0n) is 11.5. The average Bonchev–Trinajstić information content (AvgIpc) is 2.37. The fraction of sp³-hybridized carbons (Fsp3) is 0.500. The number of carbonyl (C=O) groups excluding carboxylic acids is 1. The highest BCUT2D eigenvalue weighted by molar-refractivity contribution is 9.10. The van der Waals surface area contributed by atoms with Crippen molar-refractivity contribution in [1.82, 2.24) is 5.32 Å². The van der Waals surface area contributed by atoms with Crippen molar-refractivity contribution in [3.05, 3.63) is 34.1 Å². The molecule has 1 unspecified atom stereocenters. The summed E-state index contributed by atoms with van der Waals surface area (Å²) in [6, 6.07) is 4.35. The lowest BCUT2D eigenvalue weighted by atomic mass is 10.0. The Morgan fingerprint density at radius 1 is 1.37 bits per heavy atom. The molecule has 0 aliphatic carbocycles. The molecule has 2 atom stereocenters. The fourth-order valence-electron chi connectivity index (χ4n) is 1.81. The number of halogens is 2. The Morgan fingerprint density at radius 2 is 2.00 bits per heavy atom. The molecular weight excluding hydrogens is 313 g/mol. The van der Waals surface area contributed by atoms with Gasteiger partial charge in [-0.3, -0.25) is 10.1 Å². The number of ether oxygens (including phenoxy) is 1. The second kappa shape index (κ2) is 7.01. The van der Waals surface area contributed by atoms with Crippen LogP contribution in [0.2, 0.25) is 0 Å². The first-order chi connectivity index (χ1) is 8.86. The van der Waals surface area contributed by atoms with Gasteiger partial charge in [-0.25, -0.2) is 4.39 Å². The first-order valence-corrected chi connectivity index (χ1v) is 6.95. The Balaban J connectivity index is 2.84. The maximum atomic E-state index is 13.2. The quantitative estimate of drug-likeness (QED) is 0.840. The number of benzene rings is 1. The lowest BCUT2D eigenvalue weighted by Gasteiger charge is -2.24. The van der Waals surface area contributed by atoms with Crippen LogP contribution in [0.25, 0.3) is 0 Å². The minimum absolute atomic E-state index is 0.0802. The molecule has 3 nitrogen and oxygen atoms in total. The molecule has 0 radical (unpaired) electrons. The van der Waals surface area contributed by atoms with Crippen molar-refractivity contribution in [2.45, 2.75) is 32.9 Å². The van der Waals surface area contributed by atoms with E-state index in [2.05, 4.69) is 21.2 Å². The summed E-state index contributed by atoms with van der Waals surface area (Å²) in [6.45, 7) is 5.82. The molecule has 0 fully saturated rings. The van der Waals surface area contributed by atoms with E-state index in [9.17, 15) is 9.18 Å². The second-order valence-electron chi connectivity index (χ2n) is 4.81. The summed E-state index contributed by atoms with van der Waals surface area (Å²) in [6.07, 6.45) is 0. The molecule has 0 heterocycles. The van der Waals surface area contributed by atoms with Gasteiger partial charge in [0.05, 0.1) is 11.6 Å². The summed E-state index contributed by atoms with van der Waals surface area (Å²) >= 11 is 3.16. The zero-order valence-corrected chi connectivity index (χ0v) is 13.1. The van der Waals surface area contributed by atoms with Crippen LogP contribution in [0.4, 0.5) is 4.39 Å². The third kappa shape index (κ3) is 4.28. The van der Waals surface area contributed by atoms with E-state index in [1.165, 1.54) is 13.2 Å². The van der Waals surface area contributed by atoms with Crippen molar-refractivity contribution < 1.29 is 13.9 Å². The highest BCUT2D eigenvalue weighted by Gasteiger charge is 2.25. The van der Waals surface area contributed by atoms with Gasteiger partial charge in [0.1, 0.15) is 11.9 Å². The van der Waals surface area contributed by atoms with Crippen LogP contribution in [-0.4, -0.2) is 19.1 Å². The molecule has 19 heavy (non-hydrogen) atoms. The molecule has 1 aromatic carbocycles. The van der Waals surface area contributed by atoms with Gasteiger partial charge in [0, 0.05) is 6.04 Å². The van der Waals surface area contributed by atoms with E-state index in [1.54, 1.807) is 12.1 Å². The molecule has 0 saturated heterocycles. The van der Waals surface area contributed by atoms with Crippen molar-refractivity contribution in [3.8, 4) is 0 Å². The summed E-state index contributed by atoms with van der Waals surface area (Å²) in [5.74, 6) is -0.480. The second-order valence-corrected chi connectivity index (χ2v) is 5.66. The van der Waals surface area contributed by atoms with Crippen LogP contribution in [0.15, 0.2) is 22.7 Å². The number of rotatable bonds is 5. The molecular formula is C14H19BrFNO2. The topological polar surface area (TPSA) is 38.3 Å². The zero-order chi connectivity index (χ0) is 14.6. The summed E-state index contributed by atoms with van der Waals surface area (Å²) in [5.41, 5.74) is 0.905. The third-order valence-electron chi connectivity index (χ3n) is 3.00. The SMILES string of the molecule is COC(=O)[C@@H](NC(C)c1ccc(F)c(Br)c1)C(C)C. The van der Waals surface area contributed by atoms with Crippen LogP contribution in [0, 0.1) is 11.7 Å². The Bertz CT molecular complexity index is 451. The van der Waals surface area contributed by atoms with E-state index < -0.39 is 0 Å². The molecule has 0 saturated carbocycles. The predicted molar refractivity (Wildman–Crippen MR) is 76.3 cm³/mol. The molecule has 1 N–H and O–H groups in total. The molecule has 5 heteroatoms. The number of hydrogen-bond acceptors (Lipinski definition) is 3. The molecule has 0 aliphatic heterocycles. The van der Waals surface area contributed by atoms with Crippen molar-refractivity contribution in [2.24, 2.45) is 5.92 Å². The van der Waals surface area contributed by atoms with Gasteiger partial charge < -0.3 is 4.74 Å². The lowest BCUT2D eigenvalue weighted by Crippen LogP contribution is -2.42. The Kier molecular flexibility index (Phi) is 5.94. The largest absolute Gasteiger partial charge is 0.468 e. The number of esters is 1. The van der Waals surface area contributed by atoms with Gasteiger partial charge in [0.2, 0.25) is 0 Å². The Morgan fingerprint density at radius 3 is 2.47 bits per heavy atom. The normalized spacial score (nSPS) is 14.3. The minimum Gasteiger partial charge on any atom is -0.468 e. The van der Waals surface area contributed by atoms with Gasteiger partial charge in [-0.2, -0.15) is 0 Å². The monoisotopic (exact) mass is 331 g/mol. The third-order valence-corrected chi connectivity index (χ3v) is 3.60. The van der Waals surface area contributed by atoms with Crippen LogP contribution >= 0.6 is 15.9 Å². The molecule has 1 rings (SSSR count). The van der Waals surface area contributed by atoms with E-state index >= 15 is 0 Å².